The van der Waals surface area contributed by atoms with Crippen molar-refractivity contribution in [1.29, 1.82) is 0 Å². The van der Waals surface area contributed by atoms with Gasteiger partial charge in [-0.2, -0.15) is 0 Å². The molecule has 0 aromatic heterocycles. The van der Waals surface area contributed by atoms with Crippen LogP contribution in [0.1, 0.15) is 30.5 Å². The van der Waals surface area contributed by atoms with Crippen molar-refractivity contribution in [3.8, 4) is 0 Å². The van der Waals surface area contributed by atoms with Crippen LogP contribution in [0.2, 0.25) is 15.1 Å². The van der Waals surface area contributed by atoms with Crippen molar-refractivity contribution < 1.29 is 18.0 Å². The lowest BCUT2D eigenvalue weighted by atomic mass is 10.0. The minimum atomic E-state index is -4.28. The van der Waals surface area contributed by atoms with E-state index in [1.54, 1.807) is 48.5 Å². The van der Waals surface area contributed by atoms with E-state index >= 15 is 0 Å². The van der Waals surface area contributed by atoms with Crippen LogP contribution in [0.25, 0.3) is 0 Å². The van der Waals surface area contributed by atoms with E-state index in [0.29, 0.717) is 15.6 Å². The van der Waals surface area contributed by atoms with Gasteiger partial charge in [0.1, 0.15) is 12.6 Å². The van der Waals surface area contributed by atoms with Gasteiger partial charge in [0.25, 0.3) is 10.0 Å². The van der Waals surface area contributed by atoms with E-state index in [1.807, 2.05) is 51.1 Å². The zero-order valence-electron chi connectivity index (χ0n) is 25.1. The highest BCUT2D eigenvalue weighted by molar-refractivity contribution is 7.92. The molecule has 2 amide bonds. The second-order valence-electron chi connectivity index (χ2n) is 10.9. The normalized spacial score (nSPS) is 12.1. The molecule has 7 nitrogen and oxygen atoms in total. The molecule has 0 radical (unpaired) electrons. The second-order valence-corrected chi connectivity index (χ2v) is 14.0. The fourth-order valence-electron chi connectivity index (χ4n) is 4.77. The summed E-state index contributed by atoms with van der Waals surface area (Å²) in [6.07, 6.45) is 0.174. The number of aryl methyl sites for hydroxylation is 1. The molecular weight excluding hydrogens is 653 g/mol. The lowest BCUT2D eigenvalue weighted by Crippen LogP contribution is -2.54. The van der Waals surface area contributed by atoms with Gasteiger partial charge in [-0.3, -0.25) is 13.9 Å². The van der Waals surface area contributed by atoms with Crippen molar-refractivity contribution in [2.45, 2.75) is 50.7 Å². The SMILES string of the molecule is Cc1ccc(S(=O)(=O)N(CC(=O)N(Cc2ccc(Cl)cc2Cl)[C@H](Cc2ccccc2)C(=O)NC(C)C)c2ccccc2Cl)cc1. The molecular formula is C34H34Cl3N3O4S. The summed E-state index contributed by atoms with van der Waals surface area (Å²) in [6.45, 7) is 4.78. The smallest absolute Gasteiger partial charge is 0.264 e. The summed E-state index contributed by atoms with van der Waals surface area (Å²) < 4.78 is 29.2. The van der Waals surface area contributed by atoms with Crippen molar-refractivity contribution in [1.82, 2.24) is 10.2 Å². The fourth-order valence-corrected chi connectivity index (χ4v) is 6.96. The zero-order chi connectivity index (χ0) is 32.7. The van der Waals surface area contributed by atoms with E-state index in [1.165, 1.54) is 23.1 Å². The number of amides is 2. The number of para-hydroxylation sites is 1. The van der Waals surface area contributed by atoms with Crippen LogP contribution in [-0.2, 0) is 32.6 Å². The van der Waals surface area contributed by atoms with Gasteiger partial charge in [0.2, 0.25) is 11.8 Å². The largest absolute Gasteiger partial charge is 0.352 e. The molecule has 0 aliphatic carbocycles. The predicted molar refractivity (Wildman–Crippen MR) is 181 cm³/mol. The standard InChI is InChI=1S/C34H34Cl3N3O4S/c1-23(2)38-34(42)32(19-25-9-5-4-6-10-25)39(21-26-15-16-27(35)20-30(26)37)33(41)22-40(31-12-8-7-11-29(31)36)45(43,44)28-17-13-24(3)14-18-28/h4-18,20,23,32H,19,21-22H2,1-3H3,(H,38,42)/t32-/m1/s1. The average molecular weight is 687 g/mol. The van der Waals surface area contributed by atoms with Gasteiger partial charge >= 0.3 is 0 Å². The molecule has 0 fully saturated rings. The van der Waals surface area contributed by atoms with E-state index in [0.717, 1.165) is 15.4 Å². The Balaban J connectivity index is 1.83. The number of anilines is 1. The summed E-state index contributed by atoms with van der Waals surface area (Å²) in [6, 6.07) is 25.7. The summed E-state index contributed by atoms with van der Waals surface area (Å²) in [5, 5.41) is 3.78. The monoisotopic (exact) mass is 685 g/mol. The van der Waals surface area contributed by atoms with Gasteiger partial charge in [-0.05, 0) is 68.3 Å². The number of sulfonamides is 1. The minimum Gasteiger partial charge on any atom is -0.352 e. The van der Waals surface area contributed by atoms with E-state index in [9.17, 15) is 18.0 Å². The highest BCUT2D eigenvalue weighted by Gasteiger charge is 2.35. The molecule has 0 spiro atoms. The Kier molecular flexibility index (Phi) is 11.6. The third-order valence-electron chi connectivity index (χ3n) is 7.07. The van der Waals surface area contributed by atoms with Gasteiger partial charge in [-0.1, -0.05) is 101 Å². The number of nitrogens with zero attached hydrogens (tertiary/aromatic N) is 2. The Morgan fingerprint density at radius 1 is 0.822 bits per heavy atom. The molecule has 11 heteroatoms. The van der Waals surface area contributed by atoms with E-state index in [2.05, 4.69) is 5.32 Å². The minimum absolute atomic E-state index is 0.00787. The summed E-state index contributed by atoms with van der Waals surface area (Å²) >= 11 is 19.2. The second kappa shape index (κ2) is 15.1. The van der Waals surface area contributed by atoms with Crippen LogP contribution < -0.4 is 9.62 Å². The first-order valence-corrected chi connectivity index (χ1v) is 16.9. The quantitative estimate of drug-likeness (QED) is 0.169. The number of hydrogen-bond acceptors (Lipinski definition) is 4. The number of hydrogen-bond donors (Lipinski definition) is 1. The lowest BCUT2D eigenvalue weighted by Gasteiger charge is -2.34. The first-order chi connectivity index (χ1) is 21.4. The lowest BCUT2D eigenvalue weighted by molar-refractivity contribution is -0.140. The molecule has 1 N–H and O–H groups in total. The first kappa shape index (κ1) is 34.3. The number of halogens is 3. The number of carbonyl (C=O) groups excluding carboxylic acids is 2. The van der Waals surface area contributed by atoms with Crippen molar-refractivity contribution in [2.24, 2.45) is 0 Å². The molecule has 0 heterocycles. The topological polar surface area (TPSA) is 86.8 Å². The molecule has 4 rings (SSSR count). The van der Waals surface area contributed by atoms with Gasteiger partial charge in [-0.25, -0.2) is 8.42 Å². The van der Waals surface area contributed by atoms with Gasteiger partial charge < -0.3 is 10.2 Å². The fraction of sp³-hybridized carbons (Fsp3) is 0.235. The molecule has 0 bridgehead atoms. The maximum Gasteiger partial charge on any atom is 0.264 e. The number of benzene rings is 4. The number of carbonyl (C=O) groups is 2. The van der Waals surface area contributed by atoms with E-state index < -0.39 is 34.4 Å². The van der Waals surface area contributed by atoms with Gasteiger partial charge in [0.05, 0.1) is 15.6 Å². The predicted octanol–water partition coefficient (Wildman–Crippen LogP) is 7.32. The number of rotatable bonds is 12. The van der Waals surface area contributed by atoms with Crippen LogP contribution in [0.15, 0.2) is 102 Å². The summed E-state index contributed by atoms with van der Waals surface area (Å²) in [5.74, 6) is -1.02. The zero-order valence-corrected chi connectivity index (χ0v) is 28.2. The third kappa shape index (κ3) is 8.79. The third-order valence-corrected chi connectivity index (χ3v) is 9.75. The van der Waals surface area contributed by atoms with Crippen molar-refractivity contribution in [2.75, 3.05) is 10.8 Å². The molecule has 0 saturated heterocycles. The maximum absolute atomic E-state index is 14.5. The maximum atomic E-state index is 14.5. The first-order valence-electron chi connectivity index (χ1n) is 14.3. The molecule has 0 aliphatic rings. The molecule has 4 aromatic rings. The molecule has 236 valence electrons. The molecule has 0 unspecified atom stereocenters. The van der Waals surface area contributed by atoms with E-state index in [-0.39, 0.29) is 34.6 Å². The van der Waals surface area contributed by atoms with Crippen molar-refractivity contribution >= 4 is 62.3 Å². The van der Waals surface area contributed by atoms with Crippen LogP contribution >= 0.6 is 34.8 Å². The highest BCUT2D eigenvalue weighted by atomic mass is 35.5. The molecule has 45 heavy (non-hydrogen) atoms. The average Bonchev–Trinajstić information content (AvgIpc) is 2.99. The Hall–Kier alpha value is -3.56. The van der Waals surface area contributed by atoms with Crippen LogP contribution in [0, 0.1) is 6.92 Å². The Labute approximate surface area is 279 Å². The van der Waals surface area contributed by atoms with Crippen LogP contribution in [0.5, 0.6) is 0 Å². The Morgan fingerprint density at radius 3 is 2.09 bits per heavy atom. The van der Waals surface area contributed by atoms with Crippen molar-refractivity contribution in [3.05, 3.63) is 129 Å². The van der Waals surface area contributed by atoms with E-state index in [4.69, 9.17) is 34.8 Å². The van der Waals surface area contributed by atoms with Crippen LogP contribution in [0.3, 0.4) is 0 Å². The molecule has 4 aromatic carbocycles. The van der Waals surface area contributed by atoms with Gasteiger partial charge in [-0.15, -0.1) is 0 Å². The summed E-state index contributed by atoms with van der Waals surface area (Å²) in [5.41, 5.74) is 2.36. The summed E-state index contributed by atoms with van der Waals surface area (Å²) in [4.78, 5) is 29.6. The van der Waals surface area contributed by atoms with Crippen LogP contribution in [0.4, 0.5) is 5.69 Å². The summed E-state index contributed by atoms with van der Waals surface area (Å²) in [7, 11) is -4.28. The molecule has 1 atom stereocenters. The number of nitrogens with one attached hydrogen (secondary N) is 1. The van der Waals surface area contributed by atoms with Gasteiger partial charge in [0.15, 0.2) is 0 Å². The van der Waals surface area contributed by atoms with Crippen molar-refractivity contribution in [3.63, 3.8) is 0 Å². The highest BCUT2D eigenvalue weighted by Crippen LogP contribution is 2.31. The Morgan fingerprint density at radius 2 is 1.47 bits per heavy atom. The van der Waals surface area contributed by atoms with Gasteiger partial charge in [0, 0.05) is 29.1 Å². The van der Waals surface area contributed by atoms with Crippen LogP contribution in [-0.4, -0.2) is 43.8 Å². The Bertz CT molecular complexity index is 1750. The molecule has 0 aliphatic heterocycles. The molecule has 0 saturated carbocycles.